The van der Waals surface area contributed by atoms with Crippen molar-refractivity contribution in [3.8, 4) is 11.8 Å². The third kappa shape index (κ3) is 5.17. The number of nitrogens with zero attached hydrogens (tertiary/aromatic N) is 4. The summed E-state index contributed by atoms with van der Waals surface area (Å²) in [4.78, 5) is 18.9. The number of allylic oxidation sites excluding steroid dienone is 2. The Balaban J connectivity index is 1.78. The Morgan fingerprint density at radius 1 is 1.26 bits per heavy atom. The quantitative estimate of drug-likeness (QED) is 0.698. The van der Waals surface area contributed by atoms with Gasteiger partial charge in [-0.3, -0.25) is 9.88 Å². The van der Waals surface area contributed by atoms with Crippen molar-refractivity contribution in [1.82, 2.24) is 20.2 Å². The molecule has 1 fully saturated rings. The molecule has 2 aliphatic heterocycles. The van der Waals surface area contributed by atoms with E-state index in [9.17, 15) is 10.1 Å². The lowest BCUT2D eigenvalue weighted by Crippen LogP contribution is -2.47. The van der Waals surface area contributed by atoms with Gasteiger partial charge in [0.2, 0.25) is 0 Å². The summed E-state index contributed by atoms with van der Waals surface area (Å²) in [6, 6.07) is 8.32. The first-order chi connectivity index (χ1) is 16.3. The Labute approximate surface area is 199 Å². The minimum absolute atomic E-state index is 0.431. The molecule has 2 N–H and O–H groups in total. The van der Waals surface area contributed by atoms with Crippen molar-refractivity contribution in [1.29, 1.82) is 5.26 Å². The van der Waals surface area contributed by atoms with Crippen LogP contribution in [0.5, 0.6) is 5.75 Å². The molecule has 9 heteroatoms. The number of carbonyl (C=O) groups excluding carboxylic acids is 1. The van der Waals surface area contributed by atoms with Crippen molar-refractivity contribution < 1.29 is 14.3 Å². The fourth-order valence-electron chi connectivity index (χ4n) is 4.11. The zero-order chi connectivity index (χ0) is 24.3. The molecule has 0 bridgehead atoms. The molecule has 0 saturated carbocycles. The van der Waals surface area contributed by atoms with E-state index in [-0.39, 0.29) is 0 Å². The van der Waals surface area contributed by atoms with Crippen LogP contribution in [0.2, 0.25) is 0 Å². The lowest BCUT2D eigenvalue weighted by molar-refractivity contribution is 0.0510. The number of imidazole rings is 1. The van der Waals surface area contributed by atoms with Crippen LogP contribution in [-0.2, 0) is 4.74 Å². The maximum absolute atomic E-state index is 12.5. The number of ether oxygens (including phenoxy) is 2. The van der Waals surface area contributed by atoms with Gasteiger partial charge < -0.3 is 19.7 Å². The van der Waals surface area contributed by atoms with E-state index in [1.807, 2.05) is 39.0 Å². The van der Waals surface area contributed by atoms with Crippen LogP contribution in [0.25, 0.3) is 11.4 Å². The van der Waals surface area contributed by atoms with Crippen molar-refractivity contribution in [2.24, 2.45) is 0 Å². The van der Waals surface area contributed by atoms with Crippen LogP contribution in [0.3, 0.4) is 0 Å². The highest BCUT2D eigenvalue weighted by Crippen LogP contribution is 2.35. The SMILES string of the molecule is COc1cc(C2=CC(NC(=O)OC(C)(C)C)NC(n3ccnc3)=C2C#N)cc(N2CCCC2)c1. The molecule has 9 nitrogen and oxygen atoms in total. The van der Waals surface area contributed by atoms with E-state index in [2.05, 4.69) is 32.7 Å². The average molecular weight is 463 g/mol. The van der Waals surface area contributed by atoms with Gasteiger partial charge in [-0.1, -0.05) is 0 Å². The van der Waals surface area contributed by atoms with E-state index in [0.717, 1.165) is 37.2 Å². The van der Waals surface area contributed by atoms with E-state index in [1.165, 1.54) is 0 Å². The van der Waals surface area contributed by atoms with Gasteiger partial charge in [-0.25, -0.2) is 9.78 Å². The molecule has 2 aliphatic rings. The molecule has 1 unspecified atom stereocenters. The predicted molar refractivity (Wildman–Crippen MR) is 130 cm³/mol. The van der Waals surface area contributed by atoms with Gasteiger partial charge >= 0.3 is 6.09 Å². The first-order valence-corrected chi connectivity index (χ1v) is 11.3. The predicted octanol–water partition coefficient (Wildman–Crippen LogP) is 3.72. The minimum Gasteiger partial charge on any atom is -0.497 e. The molecule has 0 spiro atoms. The molecular weight excluding hydrogens is 432 g/mol. The number of anilines is 1. The Kier molecular flexibility index (Phi) is 6.50. The highest BCUT2D eigenvalue weighted by molar-refractivity contribution is 5.92. The van der Waals surface area contributed by atoms with Crippen LogP contribution in [0, 0.1) is 11.3 Å². The lowest BCUT2D eigenvalue weighted by Gasteiger charge is -2.29. The van der Waals surface area contributed by atoms with Crippen LogP contribution >= 0.6 is 0 Å². The number of benzene rings is 1. The van der Waals surface area contributed by atoms with Gasteiger partial charge in [-0.2, -0.15) is 5.26 Å². The molecule has 34 heavy (non-hydrogen) atoms. The monoisotopic (exact) mass is 462 g/mol. The number of nitrogens with one attached hydrogen (secondary N) is 2. The van der Waals surface area contributed by atoms with E-state index in [1.54, 1.807) is 30.4 Å². The van der Waals surface area contributed by atoms with E-state index in [4.69, 9.17) is 9.47 Å². The van der Waals surface area contributed by atoms with Gasteiger partial charge in [-0.15, -0.1) is 0 Å². The first-order valence-electron chi connectivity index (χ1n) is 11.3. The summed E-state index contributed by atoms with van der Waals surface area (Å²) in [5, 5.41) is 16.2. The molecule has 0 radical (unpaired) electrons. The Morgan fingerprint density at radius 2 is 2.03 bits per heavy atom. The Bertz CT molecular complexity index is 1150. The summed E-state index contributed by atoms with van der Waals surface area (Å²) in [5.41, 5.74) is 2.35. The maximum atomic E-state index is 12.5. The second kappa shape index (κ2) is 9.51. The topological polar surface area (TPSA) is 104 Å². The number of rotatable bonds is 5. The molecule has 2 aromatic rings. The normalized spacial score (nSPS) is 18.1. The summed E-state index contributed by atoms with van der Waals surface area (Å²) < 4.78 is 12.7. The second-order valence-electron chi connectivity index (χ2n) is 9.27. The average Bonchev–Trinajstić information content (AvgIpc) is 3.51. The minimum atomic E-state index is -0.635. The number of carbonyl (C=O) groups is 1. The van der Waals surface area contributed by atoms with Crippen LogP contribution in [0.15, 0.2) is 48.6 Å². The third-order valence-corrected chi connectivity index (χ3v) is 5.59. The summed E-state index contributed by atoms with van der Waals surface area (Å²) in [7, 11) is 1.63. The summed E-state index contributed by atoms with van der Waals surface area (Å²) in [6.45, 7) is 7.39. The number of nitriles is 1. The van der Waals surface area contributed by atoms with Gasteiger partial charge in [-0.05, 0) is 57.4 Å². The Morgan fingerprint density at radius 3 is 2.65 bits per heavy atom. The van der Waals surface area contributed by atoms with Gasteiger partial charge in [0.25, 0.3) is 0 Å². The molecular formula is C25H30N6O3. The summed E-state index contributed by atoms with van der Waals surface area (Å²) in [5.74, 6) is 1.22. The molecule has 1 aromatic carbocycles. The maximum Gasteiger partial charge on any atom is 0.409 e. The van der Waals surface area contributed by atoms with E-state index < -0.39 is 17.9 Å². The third-order valence-electron chi connectivity index (χ3n) is 5.59. The number of dihydropyridines is 1. The van der Waals surface area contributed by atoms with Gasteiger partial charge in [0.05, 0.1) is 7.11 Å². The number of alkyl carbamates (subject to hydrolysis) is 1. The number of hydrogen-bond acceptors (Lipinski definition) is 7. The molecule has 1 amide bonds. The van der Waals surface area contributed by atoms with Crippen molar-refractivity contribution >= 4 is 23.2 Å². The van der Waals surface area contributed by atoms with Crippen LogP contribution in [0.1, 0.15) is 39.2 Å². The van der Waals surface area contributed by atoms with E-state index in [0.29, 0.717) is 22.7 Å². The number of methoxy groups -OCH3 is 1. The number of aromatic nitrogens is 2. The smallest absolute Gasteiger partial charge is 0.409 e. The fraction of sp³-hybridized carbons (Fsp3) is 0.400. The lowest BCUT2D eigenvalue weighted by atomic mass is 9.94. The zero-order valence-electron chi connectivity index (χ0n) is 20.0. The van der Waals surface area contributed by atoms with Gasteiger partial charge in [0.1, 0.15) is 41.3 Å². The van der Waals surface area contributed by atoms with Crippen LogP contribution < -0.4 is 20.3 Å². The molecule has 1 saturated heterocycles. The van der Waals surface area contributed by atoms with Gasteiger partial charge in [0, 0.05) is 42.8 Å². The van der Waals surface area contributed by atoms with E-state index >= 15 is 0 Å². The molecule has 1 aromatic heterocycles. The molecule has 1 atom stereocenters. The zero-order valence-corrected chi connectivity index (χ0v) is 20.0. The first kappa shape index (κ1) is 23.2. The standard InChI is InChI=1S/C25H30N6O3/c1-25(2,3)34-24(32)29-22-14-20(21(15-26)23(28-22)31-10-7-27-16-31)17-11-18(13-19(12-17)33-4)30-8-5-6-9-30/h7,10-14,16,22,28H,5-6,8-9H2,1-4H3,(H,29,32). The number of amides is 1. The molecule has 4 rings (SSSR count). The summed E-state index contributed by atoms with van der Waals surface area (Å²) >= 11 is 0. The molecule has 3 heterocycles. The Hall–Kier alpha value is -3.93. The van der Waals surface area contributed by atoms with Crippen LogP contribution in [-0.4, -0.2) is 47.6 Å². The van der Waals surface area contributed by atoms with Crippen molar-refractivity contribution in [2.75, 3.05) is 25.1 Å². The second-order valence-corrected chi connectivity index (χ2v) is 9.27. The van der Waals surface area contributed by atoms with Crippen LogP contribution in [0.4, 0.5) is 10.5 Å². The fourth-order valence-corrected chi connectivity index (χ4v) is 4.11. The molecule has 0 aliphatic carbocycles. The van der Waals surface area contributed by atoms with Gasteiger partial charge in [0.15, 0.2) is 0 Å². The highest BCUT2D eigenvalue weighted by atomic mass is 16.6. The number of hydrogen-bond donors (Lipinski definition) is 2. The highest BCUT2D eigenvalue weighted by Gasteiger charge is 2.27. The van der Waals surface area contributed by atoms with Crippen molar-refractivity contribution in [3.63, 3.8) is 0 Å². The van der Waals surface area contributed by atoms with Crippen molar-refractivity contribution in [3.05, 3.63) is 54.1 Å². The largest absolute Gasteiger partial charge is 0.497 e. The molecule has 178 valence electrons. The van der Waals surface area contributed by atoms with Crippen molar-refractivity contribution in [2.45, 2.75) is 45.4 Å². The summed E-state index contributed by atoms with van der Waals surface area (Å²) in [6.07, 6.45) is 7.93.